The van der Waals surface area contributed by atoms with Gasteiger partial charge in [0.25, 0.3) is 0 Å². The summed E-state index contributed by atoms with van der Waals surface area (Å²) in [6.45, 7) is 12.1. The van der Waals surface area contributed by atoms with Gasteiger partial charge in [-0.1, -0.05) is 49.6 Å². The molecule has 0 radical (unpaired) electrons. The van der Waals surface area contributed by atoms with Crippen LogP contribution in [-0.2, 0) is 38.0 Å². The molecule has 8 unspecified atom stereocenters. The fourth-order valence-corrected chi connectivity index (χ4v) is 8.82. The molecule has 8 atom stereocenters. The lowest BCUT2D eigenvalue weighted by atomic mass is 9.71. The summed E-state index contributed by atoms with van der Waals surface area (Å²) in [6, 6.07) is 18.6. The van der Waals surface area contributed by atoms with Crippen LogP contribution in [0.1, 0.15) is 52.4 Å². The number of hydrogen-bond donors (Lipinski definition) is 2. The molecule has 3 aliphatic carbocycles. The molecule has 2 N–H and O–H groups in total. The zero-order chi connectivity index (χ0) is 42.7. The molecule has 328 valence electrons. The van der Waals surface area contributed by atoms with E-state index in [1.807, 2.05) is 60.7 Å². The van der Waals surface area contributed by atoms with Gasteiger partial charge in [0, 0.05) is 24.4 Å². The van der Waals surface area contributed by atoms with Gasteiger partial charge in [0.05, 0.1) is 26.3 Å². The predicted molar refractivity (Wildman–Crippen MR) is 222 cm³/mol. The van der Waals surface area contributed by atoms with Gasteiger partial charge in [0.2, 0.25) is 0 Å². The number of carbonyl (C=O) groups excluding carboxylic acids is 4. The maximum atomic E-state index is 12.6. The third-order valence-electron chi connectivity index (χ3n) is 11.5. The Morgan fingerprint density at radius 2 is 1.10 bits per heavy atom. The summed E-state index contributed by atoms with van der Waals surface area (Å²) in [5.74, 6) is 4.30. The summed E-state index contributed by atoms with van der Waals surface area (Å²) in [5, 5.41) is 5.22. The number of nitrogens with one attached hydrogen (secondary N) is 2. The molecule has 0 aliphatic heterocycles. The number of ether oxygens (including phenoxy) is 8. The van der Waals surface area contributed by atoms with E-state index in [9.17, 15) is 19.2 Å². The molecule has 2 aromatic carbocycles. The summed E-state index contributed by atoms with van der Waals surface area (Å²) >= 11 is 0. The summed E-state index contributed by atoms with van der Waals surface area (Å²) in [4.78, 5) is 48.4. The molecule has 3 saturated carbocycles. The van der Waals surface area contributed by atoms with Crippen LogP contribution in [0.15, 0.2) is 85.0 Å². The largest absolute Gasteiger partial charge is 0.490 e. The Hall–Kier alpha value is -5.08. The van der Waals surface area contributed by atoms with Gasteiger partial charge in [-0.3, -0.25) is 0 Å². The minimum atomic E-state index is -0.646. The van der Waals surface area contributed by atoms with Crippen molar-refractivity contribution in [3.8, 4) is 11.5 Å². The van der Waals surface area contributed by atoms with Crippen LogP contribution in [0.3, 0.4) is 0 Å². The average molecular weight is 835 g/mol. The van der Waals surface area contributed by atoms with E-state index in [-0.39, 0.29) is 63.9 Å². The Kier molecular flexibility index (Phi) is 18.6. The minimum Gasteiger partial charge on any atom is -0.490 e. The fraction of sp³-hybridized carbons (Fsp3) is 0.565. The van der Waals surface area contributed by atoms with Crippen molar-refractivity contribution < 1.29 is 57.1 Å². The summed E-state index contributed by atoms with van der Waals surface area (Å²) < 4.78 is 45.4. The van der Waals surface area contributed by atoms with Crippen molar-refractivity contribution in [3.05, 3.63) is 85.0 Å². The molecule has 14 heteroatoms. The van der Waals surface area contributed by atoms with E-state index in [2.05, 4.69) is 23.8 Å². The second kappa shape index (κ2) is 24.2. The number of fused-ring (bicyclic) bond motifs is 5. The van der Waals surface area contributed by atoms with Gasteiger partial charge < -0.3 is 48.5 Å². The van der Waals surface area contributed by atoms with Crippen molar-refractivity contribution >= 4 is 24.1 Å². The van der Waals surface area contributed by atoms with E-state index in [0.717, 1.165) is 24.7 Å². The Balaban J connectivity index is 1.04. The zero-order valence-electron chi connectivity index (χ0n) is 35.0. The normalized spacial score (nSPS) is 22.1. The number of alkyl carbamates (subject to hydrolysis) is 2. The molecular weight excluding hydrogens is 773 g/mol. The van der Waals surface area contributed by atoms with Crippen molar-refractivity contribution in [3.63, 3.8) is 0 Å². The highest BCUT2D eigenvalue weighted by molar-refractivity contribution is 5.87. The molecule has 0 aromatic heterocycles. The monoisotopic (exact) mass is 834 g/mol. The Morgan fingerprint density at radius 1 is 0.617 bits per heavy atom. The van der Waals surface area contributed by atoms with E-state index in [1.165, 1.54) is 25.7 Å². The first-order valence-corrected chi connectivity index (χ1v) is 21.1. The van der Waals surface area contributed by atoms with Crippen molar-refractivity contribution in [2.75, 3.05) is 65.9 Å². The van der Waals surface area contributed by atoms with Gasteiger partial charge in [-0.15, -0.1) is 0 Å². The highest BCUT2D eigenvalue weighted by atomic mass is 16.6. The van der Waals surface area contributed by atoms with Gasteiger partial charge in [-0.2, -0.15) is 0 Å². The first kappa shape index (κ1) is 46.0. The molecule has 0 saturated heterocycles. The molecule has 0 spiro atoms. The lowest BCUT2D eigenvalue weighted by Gasteiger charge is -2.35. The molecule has 3 aliphatic rings. The van der Waals surface area contributed by atoms with Crippen molar-refractivity contribution in [1.29, 1.82) is 0 Å². The van der Waals surface area contributed by atoms with Crippen LogP contribution >= 0.6 is 0 Å². The number of hydrogen-bond acceptors (Lipinski definition) is 12. The van der Waals surface area contributed by atoms with Crippen LogP contribution in [0.4, 0.5) is 9.59 Å². The average Bonchev–Trinajstić information content (AvgIpc) is 3.96. The standard InChI is InChI=1S/C46H62N2O12/c1-31(2)43(49)55-23-19-47-45(51)59-38(29-57-36-11-7-5-8-12-36)27-53-21-17-33-15-16-40-35-25-34(41(26-35)42(33)40)18-22-54-28-39(30-58-37-13-9-6-10-14-37)60-46(52)48-20-24-56-44(50)32(3)4/h5-14,33-35,38-42H,1,3,15-30H2,2,4H3,(H,47,51)(H,48,52). The molecule has 0 heterocycles. The maximum absolute atomic E-state index is 12.6. The third-order valence-corrected chi connectivity index (χ3v) is 11.5. The van der Waals surface area contributed by atoms with E-state index in [0.29, 0.717) is 48.4 Å². The van der Waals surface area contributed by atoms with Crippen molar-refractivity contribution in [2.24, 2.45) is 35.5 Å². The number of amides is 2. The van der Waals surface area contributed by atoms with Gasteiger partial charge in [0.1, 0.15) is 37.9 Å². The van der Waals surface area contributed by atoms with E-state index >= 15 is 0 Å². The van der Waals surface area contributed by atoms with Gasteiger partial charge >= 0.3 is 24.1 Å². The smallest absolute Gasteiger partial charge is 0.407 e. The molecule has 5 rings (SSSR count). The molecule has 2 bridgehead atoms. The van der Waals surface area contributed by atoms with Crippen molar-refractivity contribution in [1.82, 2.24) is 10.6 Å². The molecule has 14 nitrogen and oxygen atoms in total. The van der Waals surface area contributed by atoms with E-state index in [4.69, 9.17) is 37.9 Å². The summed E-state index contributed by atoms with van der Waals surface area (Å²) in [7, 11) is 0. The number of benzene rings is 2. The second-order valence-corrected chi connectivity index (χ2v) is 16.0. The lowest BCUT2D eigenvalue weighted by Crippen LogP contribution is -2.36. The van der Waals surface area contributed by atoms with Gasteiger partial charge in [0.15, 0.2) is 12.2 Å². The number of esters is 2. The SMILES string of the molecule is C=C(C)C(=O)OCCNC(=O)OC(COCCC1CC2CC1C1C(CCOCC(COc3ccccc3)OC(=O)NCCOC(=O)C(=C)C)CCC21)COc1ccccc1. The molecule has 2 aromatic rings. The Labute approximate surface area is 353 Å². The highest BCUT2D eigenvalue weighted by Crippen LogP contribution is 2.63. The van der Waals surface area contributed by atoms with Crippen molar-refractivity contribution in [2.45, 2.75) is 64.6 Å². The summed E-state index contributed by atoms with van der Waals surface area (Å²) in [6.07, 6.45) is 4.26. The molecule has 60 heavy (non-hydrogen) atoms. The van der Waals surface area contributed by atoms with Crippen LogP contribution in [0, 0.1) is 35.5 Å². The van der Waals surface area contributed by atoms with Crippen LogP contribution in [0.5, 0.6) is 11.5 Å². The zero-order valence-corrected chi connectivity index (χ0v) is 35.0. The number of carbonyl (C=O) groups is 4. The molecular formula is C46H62N2O12. The number of para-hydroxylation sites is 2. The lowest BCUT2D eigenvalue weighted by molar-refractivity contribution is -0.139. The van der Waals surface area contributed by atoms with Gasteiger partial charge in [-0.25, -0.2) is 19.2 Å². The maximum Gasteiger partial charge on any atom is 0.407 e. The first-order valence-electron chi connectivity index (χ1n) is 21.1. The quantitative estimate of drug-likeness (QED) is 0.0448. The Morgan fingerprint density at radius 3 is 1.58 bits per heavy atom. The number of rotatable bonds is 26. The molecule has 3 fully saturated rings. The summed E-state index contributed by atoms with van der Waals surface area (Å²) in [5.41, 5.74) is 0.572. The first-order chi connectivity index (χ1) is 29.1. The highest BCUT2D eigenvalue weighted by Gasteiger charge is 2.56. The third kappa shape index (κ3) is 14.9. The topological polar surface area (TPSA) is 166 Å². The van der Waals surface area contributed by atoms with Crippen LogP contribution in [0.25, 0.3) is 0 Å². The minimum absolute atomic E-state index is 0.00199. The van der Waals surface area contributed by atoms with E-state index < -0.39 is 36.3 Å². The predicted octanol–water partition coefficient (Wildman–Crippen LogP) is 6.68. The van der Waals surface area contributed by atoms with Crippen LogP contribution in [-0.4, -0.2) is 102 Å². The fourth-order valence-electron chi connectivity index (χ4n) is 8.82. The van der Waals surface area contributed by atoms with Crippen LogP contribution in [0.2, 0.25) is 0 Å². The molecule has 2 amide bonds. The van der Waals surface area contributed by atoms with E-state index in [1.54, 1.807) is 13.8 Å². The van der Waals surface area contributed by atoms with Gasteiger partial charge in [-0.05, 0) is 112 Å². The Bertz CT molecular complexity index is 1690. The second-order valence-electron chi connectivity index (χ2n) is 16.0. The van der Waals surface area contributed by atoms with Crippen LogP contribution < -0.4 is 20.1 Å².